The van der Waals surface area contributed by atoms with Crippen LogP contribution in [-0.4, -0.2) is 141 Å². The summed E-state index contributed by atoms with van der Waals surface area (Å²) in [7, 11) is 0. The number of nitrogens with zero attached hydrogens (tertiary/aromatic N) is 2. The standard InChI is InChI=1S/C49H77N15O9/c1-26(2)17-35(41(50)66)59-47(72)39(21-30-23-53-25-57-30)63-44(69)36(18-27(3)4)61-48(73)40(24-65)64-45(70)37(19-28(5)6)60-43(68)34(14-10-16-55-49(51)52)58-46(71)38(62-42(67)33-13-9-15-54-33)20-29-22-56-32-12-8-7-11-31(29)32/h7-8,11-12,22-23,25-28,33-40,54,56,65H,9-10,13-21,24H2,1-6H3,(H2,50,66)(H,53,57)(H,58,71)(H,59,72)(H,60,68)(H,61,73)(H,62,67)(H,63,69)(H,64,70)(H4,51,52,55)/t33-,34-,35-,36-,37-,38-,39-,40-/m0/s1. The largest absolute Gasteiger partial charge is 0.394 e. The summed E-state index contributed by atoms with van der Waals surface area (Å²) in [4.78, 5) is 124. The number of aromatic nitrogens is 3. The summed E-state index contributed by atoms with van der Waals surface area (Å²) in [5.74, 6) is -6.33. The number of rotatable bonds is 30. The molecule has 0 saturated carbocycles. The third-order valence-corrected chi connectivity index (χ3v) is 12.2. The number of carbonyl (C=O) groups excluding carboxylic acids is 8. The zero-order valence-electron chi connectivity index (χ0n) is 42.7. The van der Waals surface area contributed by atoms with Crippen molar-refractivity contribution in [2.45, 2.75) is 148 Å². The Hall–Kier alpha value is -7.08. The van der Waals surface area contributed by atoms with Crippen molar-refractivity contribution < 1.29 is 43.5 Å². The summed E-state index contributed by atoms with van der Waals surface area (Å²) in [6, 6.07) is -1.83. The van der Waals surface area contributed by atoms with Crippen LogP contribution in [-0.2, 0) is 51.2 Å². The lowest BCUT2D eigenvalue weighted by atomic mass is 10.00. The molecule has 17 N–H and O–H groups in total. The van der Waals surface area contributed by atoms with Gasteiger partial charge in [0.05, 0.1) is 19.0 Å². The Morgan fingerprint density at radius 3 is 1.74 bits per heavy atom. The quantitative estimate of drug-likeness (QED) is 0.0206. The summed E-state index contributed by atoms with van der Waals surface area (Å²) in [6.07, 6.45) is 6.64. The highest BCUT2D eigenvalue weighted by atomic mass is 16.3. The molecule has 1 fully saturated rings. The number of hydrogen-bond acceptors (Lipinski definition) is 12. The first-order chi connectivity index (χ1) is 34.6. The van der Waals surface area contributed by atoms with E-state index in [1.807, 2.05) is 52.0 Å². The maximum absolute atomic E-state index is 14.3. The van der Waals surface area contributed by atoms with Gasteiger partial charge in [-0.1, -0.05) is 59.7 Å². The number of aromatic amines is 2. The molecule has 0 aliphatic carbocycles. The molecule has 8 amide bonds. The summed E-state index contributed by atoms with van der Waals surface area (Å²) in [5, 5.41) is 33.3. The summed E-state index contributed by atoms with van der Waals surface area (Å²) < 4.78 is 0. The third kappa shape index (κ3) is 19.1. The predicted molar refractivity (Wildman–Crippen MR) is 273 cm³/mol. The molecular formula is C49H77N15O9. The van der Waals surface area contributed by atoms with E-state index in [0.29, 0.717) is 18.7 Å². The monoisotopic (exact) mass is 1020 g/mol. The van der Waals surface area contributed by atoms with Crippen LogP contribution in [0.2, 0.25) is 0 Å². The number of nitrogens with two attached hydrogens (primary N) is 3. The number of amides is 8. The molecule has 1 aliphatic rings. The van der Waals surface area contributed by atoms with Gasteiger partial charge in [-0.05, 0) is 80.9 Å². The topological polar surface area (TPSA) is 388 Å². The number of para-hydroxylation sites is 1. The Morgan fingerprint density at radius 2 is 1.19 bits per heavy atom. The number of aliphatic imine (C=N–C) groups is 1. The summed E-state index contributed by atoms with van der Waals surface area (Å²) in [6.45, 7) is 10.8. The fourth-order valence-electron chi connectivity index (χ4n) is 8.46. The lowest BCUT2D eigenvalue weighted by Crippen LogP contribution is -2.61. The van der Waals surface area contributed by atoms with E-state index in [9.17, 15) is 43.5 Å². The van der Waals surface area contributed by atoms with Gasteiger partial charge in [0.15, 0.2) is 5.96 Å². The number of primary amides is 1. The molecule has 1 saturated heterocycles. The molecule has 3 heterocycles. The van der Waals surface area contributed by atoms with Crippen LogP contribution in [0.4, 0.5) is 0 Å². The van der Waals surface area contributed by atoms with Crippen molar-refractivity contribution in [3.63, 3.8) is 0 Å². The van der Waals surface area contributed by atoms with Gasteiger partial charge in [-0.15, -0.1) is 0 Å². The molecule has 0 unspecified atom stereocenters. The van der Waals surface area contributed by atoms with Gasteiger partial charge in [0.25, 0.3) is 0 Å². The highest BCUT2D eigenvalue weighted by molar-refractivity contribution is 5.98. The first kappa shape index (κ1) is 58.5. The summed E-state index contributed by atoms with van der Waals surface area (Å²) >= 11 is 0. The number of H-pyrrole nitrogens is 2. The number of imidazole rings is 1. The van der Waals surface area contributed by atoms with Gasteiger partial charge >= 0.3 is 0 Å². The lowest BCUT2D eigenvalue weighted by molar-refractivity contribution is -0.136. The molecule has 1 aromatic carbocycles. The van der Waals surface area contributed by atoms with E-state index in [4.69, 9.17) is 17.2 Å². The number of benzene rings is 1. The molecule has 0 radical (unpaired) electrons. The van der Waals surface area contributed by atoms with Crippen LogP contribution in [0, 0.1) is 17.8 Å². The van der Waals surface area contributed by atoms with Crippen molar-refractivity contribution in [1.29, 1.82) is 0 Å². The Bertz CT molecular complexity index is 2340. The second-order valence-corrected chi connectivity index (χ2v) is 19.8. The average molecular weight is 1020 g/mol. The van der Waals surface area contributed by atoms with E-state index in [2.05, 4.69) is 62.5 Å². The maximum Gasteiger partial charge on any atom is 0.245 e. The van der Waals surface area contributed by atoms with Crippen LogP contribution < -0.4 is 59.7 Å². The van der Waals surface area contributed by atoms with E-state index < -0.39 is 96.3 Å². The minimum atomic E-state index is -1.61. The lowest BCUT2D eigenvalue weighted by Gasteiger charge is -2.28. The highest BCUT2D eigenvalue weighted by Gasteiger charge is 2.35. The first-order valence-electron chi connectivity index (χ1n) is 25.0. The normalized spacial score (nSPS) is 16.3. The van der Waals surface area contributed by atoms with Crippen molar-refractivity contribution in [2.24, 2.45) is 39.9 Å². The van der Waals surface area contributed by atoms with Crippen molar-refractivity contribution in [3.8, 4) is 0 Å². The highest BCUT2D eigenvalue weighted by Crippen LogP contribution is 2.20. The Morgan fingerprint density at radius 1 is 0.671 bits per heavy atom. The first-order valence-corrected chi connectivity index (χ1v) is 25.0. The SMILES string of the molecule is CC(C)C[C@H](NC(=O)[C@H](Cc1cnc[nH]1)NC(=O)[C@H](CC(C)C)NC(=O)[C@H](CO)NC(=O)[C@H](CC(C)C)NC(=O)[C@H](CCCN=C(N)N)NC(=O)[C@H](Cc1c[nH]c2ccccc12)NC(=O)[C@@H]1CCCN1)C(N)=O. The van der Waals surface area contributed by atoms with E-state index in [1.54, 1.807) is 20.0 Å². The van der Waals surface area contributed by atoms with Crippen molar-refractivity contribution in [1.82, 2.24) is 57.5 Å². The van der Waals surface area contributed by atoms with Crippen LogP contribution in [0.1, 0.15) is 97.7 Å². The molecule has 0 spiro atoms. The van der Waals surface area contributed by atoms with Gasteiger partial charge in [-0.25, -0.2) is 4.98 Å². The van der Waals surface area contributed by atoms with Gasteiger partial charge in [0, 0.05) is 48.4 Å². The molecule has 8 atom stereocenters. The predicted octanol–water partition coefficient (Wildman–Crippen LogP) is -1.51. The Kier molecular flexibility index (Phi) is 23.1. The van der Waals surface area contributed by atoms with Gasteiger partial charge in [-0.3, -0.25) is 43.3 Å². The fraction of sp³-hybridized carbons (Fsp3) is 0.592. The van der Waals surface area contributed by atoms with Crippen molar-refractivity contribution in [3.05, 3.63) is 54.2 Å². The van der Waals surface area contributed by atoms with E-state index in [1.165, 1.54) is 12.5 Å². The molecule has 0 bridgehead atoms. The minimum absolute atomic E-state index is 0.000368. The average Bonchev–Trinajstić information content (AvgIpc) is 4.14. The zero-order valence-corrected chi connectivity index (χ0v) is 42.7. The minimum Gasteiger partial charge on any atom is -0.394 e. The number of hydrogen-bond donors (Lipinski definition) is 14. The van der Waals surface area contributed by atoms with Gasteiger partial charge in [0.1, 0.15) is 42.3 Å². The number of nitrogens with one attached hydrogen (secondary N) is 10. The molecule has 402 valence electrons. The van der Waals surface area contributed by atoms with Crippen LogP contribution in [0.15, 0.2) is 48.0 Å². The van der Waals surface area contributed by atoms with Crippen LogP contribution in [0.5, 0.6) is 0 Å². The number of carbonyl (C=O) groups is 8. The Balaban J connectivity index is 1.53. The molecule has 2 aromatic heterocycles. The van der Waals surface area contributed by atoms with Crippen LogP contribution in [0.25, 0.3) is 10.9 Å². The Labute approximate surface area is 425 Å². The van der Waals surface area contributed by atoms with Crippen LogP contribution >= 0.6 is 0 Å². The second kappa shape index (κ2) is 28.8. The van der Waals surface area contributed by atoms with Gasteiger partial charge in [0.2, 0.25) is 47.3 Å². The van der Waals surface area contributed by atoms with Crippen LogP contribution in [0.3, 0.4) is 0 Å². The summed E-state index contributed by atoms with van der Waals surface area (Å²) in [5.41, 5.74) is 18.8. The van der Waals surface area contributed by atoms with E-state index in [0.717, 1.165) is 22.9 Å². The van der Waals surface area contributed by atoms with Gasteiger partial charge in [-0.2, -0.15) is 0 Å². The molecule has 24 nitrogen and oxygen atoms in total. The molecule has 1 aliphatic heterocycles. The number of guanidine groups is 1. The molecule has 73 heavy (non-hydrogen) atoms. The number of fused-ring (bicyclic) bond motifs is 1. The molecular weight excluding hydrogens is 943 g/mol. The third-order valence-electron chi connectivity index (χ3n) is 12.2. The zero-order chi connectivity index (χ0) is 53.8. The van der Waals surface area contributed by atoms with E-state index in [-0.39, 0.29) is 81.1 Å². The van der Waals surface area contributed by atoms with Crippen molar-refractivity contribution in [2.75, 3.05) is 19.7 Å². The number of aliphatic hydroxyl groups excluding tert-OH is 1. The van der Waals surface area contributed by atoms with Crippen molar-refractivity contribution >= 4 is 64.1 Å². The second-order valence-electron chi connectivity index (χ2n) is 19.8. The number of aliphatic hydroxyl groups is 1. The van der Waals surface area contributed by atoms with Gasteiger partial charge < -0.3 is 74.8 Å². The molecule has 4 rings (SSSR count). The maximum atomic E-state index is 14.3. The molecule has 3 aromatic rings. The van der Waals surface area contributed by atoms with E-state index >= 15 is 0 Å². The fourth-order valence-corrected chi connectivity index (χ4v) is 8.46. The smallest absolute Gasteiger partial charge is 0.245 e. The molecule has 24 heteroatoms.